The molecule has 0 rings (SSSR count). The normalized spacial score (nSPS) is 11.5. The van der Waals surface area contributed by atoms with Crippen LogP contribution >= 0.6 is 19.6 Å². The van der Waals surface area contributed by atoms with E-state index in [1.54, 1.807) is 0 Å². The minimum absolute atomic E-state index is 0.0340. The molecule has 0 aliphatic rings. The molecule has 1 amide bonds. The summed E-state index contributed by atoms with van der Waals surface area (Å²) in [4.78, 5) is 26.8. The maximum Gasteiger partial charge on any atom is 0.469 e. The van der Waals surface area contributed by atoms with Crippen molar-refractivity contribution in [3.05, 3.63) is 0 Å². The van der Waals surface area contributed by atoms with Gasteiger partial charge in [0.25, 0.3) is 0 Å². The Morgan fingerprint density at radius 3 is 2.54 bits per heavy atom. The van der Waals surface area contributed by atoms with E-state index in [0.717, 1.165) is 0 Å². The third-order valence-electron chi connectivity index (χ3n) is 0.980. The van der Waals surface area contributed by atoms with Gasteiger partial charge in [-0.1, -0.05) is 0 Å². The van der Waals surface area contributed by atoms with Gasteiger partial charge in [-0.25, -0.2) is 4.57 Å². The van der Waals surface area contributed by atoms with E-state index in [9.17, 15) is 9.36 Å². The molecule has 78 valence electrons. The van der Waals surface area contributed by atoms with Crippen LogP contribution in [-0.2, 0) is 13.9 Å². The van der Waals surface area contributed by atoms with Crippen LogP contribution in [0.4, 0.5) is 0 Å². The van der Waals surface area contributed by atoms with Gasteiger partial charge in [-0.2, -0.15) is 11.8 Å². The van der Waals surface area contributed by atoms with Crippen LogP contribution in [0.5, 0.6) is 0 Å². The van der Waals surface area contributed by atoms with Crippen LogP contribution in [0.1, 0.15) is 6.42 Å². The summed E-state index contributed by atoms with van der Waals surface area (Å²) >= 11 is 1.35. The summed E-state index contributed by atoms with van der Waals surface area (Å²) in [7, 11) is -4.34. The van der Waals surface area contributed by atoms with E-state index >= 15 is 0 Å². The third kappa shape index (κ3) is 11.9. The molecule has 0 aromatic carbocycles. The number of nitrogens with two attached hydrogens (primary N) is 1. The highest BCUT2D eigenvalue weighted by Crippen LogP contribution is 2.35. The molecule has 6 nitrogen and oxygen atoms in total. The molecule has 0 radical (unpaired) electrons. The highest BCUT2D eigenvalue weighted by molar-refractivity contribution is 7.99. The number of hydrogen-bond acceptors (Lipinski definition) is 4. The fourth-order valence-electron chi connectivity index (χ4n) is 0.490. The molecule has 4 N–H and O–H groups in total. The molecule has 0 aromatic rings. The van der Waals surface area contributed by atoms with E-state index in [1.807, 2.05) is 0 Å². The Labute approximate surface area is 80.1 Å². The van der Waals surface area contributed by atoms with Gasteiger partial charge >= 0.3 is 7.82 Å². The molecule has 13 heavy (non-hydrogen) atoms. The van der Waals surface area contributed by atoms with Crippen molar-refractivity contribution < 1.29 is 23.7 Å². The third-order valence-corrected chi connectivity index (χ3v) is 2.45. The Morgan fingerprint density at radius 1 is 1.46 bits per heavy atom. The number of amides is 1. The molecule has 0 unspecified atom stereocenters. The zero-order valence-corrected chi connectivity index (χ0v) is 8.59. The van der Waals surface area contributed by atoms with Crippen molar-refractivity contribution in [3.8, 4) is 0 Å². The first kappa shape index (κ1) is 12.9. The molecule has 0 spiro atoms. The predicted molar refractivity (Wildman–Crippen MR) is 49.1 cm³/mol. The van der Waals surface area contributed by atoms with Crippen molar-refractivity contribution in [1.82, 2.24) is 0 Å². The van der Waals surface area contributed by atoms with E-state index in [4.69, 9.17) is 15.5 Å². The van der Waals surface area contributed by atoms with Crippen molar-refractivity contribution in [2.45, 2.75) is 6.42 Å². The first-order chi connectivity index (χ1) is 5.92. The largest absolute Gasteiger partial charge is 0.469 e. The minimum Gasteiger partial charge on any atom is -0.370 e. The van der Waals surface area contributed by atoms with Crippen LogP contribution in [-0.4, -0.2) is 33.8 Å². The van der Waals surface area contributed by atoms with Crippen molar-refractivity contribution in [2.75, 3.05) is 18.1 Å². The van der Waals surface area contributed by atoms with Crippen LogP contribution in [0.3, 0.4) is 0 Å². The lowest BCUT2D eigenvalue weighted by Gasteiger charge is -2.03. The lowest BCUT2D eigenvalue weighted by atomic mass is 10.5. The Hall–Kier alpha value is -0.0700. The number of carbonyl (C=O) groups is 1. The van der Waals surface area contributed by atoms with Gasteiger partial charge in [0, 0.05) is 17.9 Å². The summed E-state index contributed by atoms with van der Waals surface area (Å²) < 4.78 is 14.3. The van der Waals surface area contributed by atoms with Gasteiger partial charge in [0.15, 0.2) is 0 Å². The summed E-state index contributed by atoms with van der Waals surface area (Å²) in [6, 6.07) is 0. The molecule has 0 saturated heterocycles. The predicted octanol–water partition coefficient (Wildman–Crippen LogP) is -0.296. The molecule has 0 aromatic heterocycles. The molecule has 0 aliphatic heterocycles. The van der Waals surface area contributed by atoms with Gasteiger partial charge in [0.05, 0.1) is 6.61 Å². The van der Waals surface area contributed by atoms with Gasteiger partial charge in [-0.05, 0) is 0 Å². The number of rotatable bonds is 7. The molecule has 0 heterocycles. The van der Waals surface area contributed by atoms with E-state index in [0.29, 0.717) is 11.5 Å². The van der Waals surface area contributed by atoms with Gasteiger partial charge in [0.1, 0.15) is 0 Å². The minimum atomic E-state index is -4.34. The number of hydrogen-bond donors (Lipinski definition) is 3. The fraction of sp³-hybridized carbons (Fsp3) is 0.800. The smallest absolute Gasteiger partial charge is 0.370 e. The first-order valence-electron chi connectivity index (χ1n) is 3.48. The van der Waals surface area contributed by atoms with Gasteiger partial charge < -0.3 is 15.5 Å². The molecule has 0 aliphatic carbocycles. The maximum absolute atomic E-state index is 10.2. The lowest BCUT2D eigenvalue weighted by molar-refractivity contribution is -0.117. The Kier molecular flexibility index (Phi) is 6.36. The second-order valence-corrected chi connectivity index (χ2v) is 4.62. The lowest BCUT2D eigenvalue weighted by Crippen LogP contribution is -2.11. The van der Waals surface area contributed by atoms with E-state index in [1.165, 1.54) is 11.8 Å². The second kappa shape index (κ2) is 6.39. The molecule has 0 saturated carbocycles. The van der Waals surface area contributed by atoms with Crippen LogP contribution < -0.4 is 5.73 Å². The molecule has 0 atom stereocenters. The van der Waals surface area contributed by atoms with Crippen LogP contribution in [0.2, 0.25) is 0 Å². The highest BCUT2D eigenvalue weighted by atomic mass is 32.2. The van der Waals surface area contributed by atoms with Crippen LogP contribution in [0.25, 0.3) is 0 Å². The molecule has 0 fully saturated rings. The standard InChI is InChI=1S/C5H12NO5PS/c6-5(7)1-3-13-4-2-11-12(8,9)10/h1-4H2,(H2,6,7)(H2,8,9,10). The number of carbonyl (C=O) groups excluding carboxylic acids is 1. The highest BCUT2D eigenvalue weighted by Gasteiger charge is 2.12. The van der Waals surface area contributed by atoms with Crippen molar-refractivity contribution in [1.29, 1.82) is 0 Å². The van der Waals surface area contributed by atoms with Crippen molar-refractivity contribution in [3.63, 3.8) is 0 Å². The van der Waals surface area contributed by atoms with Gasteiger partial charge in [-0.15, -0.1) is 0 Å². The Morgan fingerprint density at radius 2 is 2.08 bits per heavy atom. The summed E-state index contributed by atoms with van der Waals surface area (Å²) in [6.45, 7) is -0.0340. The van der Waals surface area contributed by atoms with E-state index in [2.05, 4.69) is 4.52 Å². The number of thioether (sulfide) groups is 1. The summed E-state index contributed by atoms with van der Waals surface area (Å²) in [5, 5.41) is 0. The summed E-state index contributed by atoms with van der Waals surface area (Å²) in [5.74, 6) is 0.585. The van der Waals surface area contributed by atoms with Crippen LogP contribution in [0.15, 0.2) is 0 Å². The summed E-state index contributed by atoms with van der Waals surface area (Å²) in [6.07, 6.45) is 0.264. The topological polar surface area (TPSA) is 110 Å². The van der Waals surface area contributed by atoms with Crippen molar-refractivity contribution >= 4 is 25.5 Å². The Bertz CT molecular complexity index is 205. The maximum atomic E-state index is 10.2. The Balaban J connectivity index is 3.18. The number of primary amides is 1. The average molecular weight is 229 g/mol. The zero-order chi connectivity index (χ0) is 10.3. The molecule has 0 bridgehead atoms. The van der Waals surface area contributed by atoms with Crippen LogP contribution in [0, 0.1) is 0 Å². The monoisotopic (exact) mass is 229 g/mol. The summed E-state index contributed by atoms with van der Waals surface area (Å²) in [5.41, 5.74) is 4.87. The van der Waals surface area contributed by atoms with E-state index in [-0.39, 0.29) is 18.9 Å². The van der Waals surface area contributed by atoms with Gasteiger partial charge in [0.2, 0.25) is 5.91 Å². The molecular formula is C5H12NO5PS. The number of phosphoric ester groups is 1. The first-order valence-corrected chi connectivity index (χ1v) is 6.16. The van der Waals surface area contributed by atoms with Crippen molar-refractivity contribution in [2.24, 2.45) is 5.73 Å². The average Bonchev–Trinajstić information content (AvgIpc) is 1.93. The fourth-order valence-corrected chi connectivity index (χ4v) is 1.69. The van der Waals surface area contributed by atoms with E-state index < -0.39 is 7.82 Å². The van der Waals surface area contributed by atoms with Gasteiger partial charge in [-0.3, -0.25) is 9.32 Å². The molecular weight excluding hydrogens is 217 g/mol. The quantitative estimate of drug-likeness (QED) is 0.408. The molecule has 8 heteroatoms. The zero-order valence-electron chi connectivity index (χ0n) is 6.88. The number of phosphoric acid groups is 1. The SMILES string of the molecule is NC(=O)CCSCCOP(=O)(O)O. The second-order valence-electron chi connectivity index (χ2n) is 2.15.